The van der Waals surface area contributed by atoms with Crippen LogP contribution in [0.5, 0.6) is 0 Å². The largest absolute Gasteiger partial charge is 0.465 e. The van der Waals surface area contributed by atoms with Crippen molar-refractivity contribution in [3.8, 4) is 0 Å². The number of nitrogens with zero attached hydrogens (tertiary/aromatic N) is 1. The molecule has 1 aliphatic rings. The van der Waals surface area contributed by atoms with E-state index in [0.29, 0.717) is 13.1 Å². The summed E-state index contributed by atoms with van der Waals surface area (Å²) in [4.78, 5) is 11.8. The summed E-state index contributed by atoms with van der Waals surface area (Å²) in [6, 6.07) is 6.23. The van der Waals surface area contributed by atoms with Gasteiger partial charge in [0.05, 0.1) is 17.6 Å². The molecule has 1 fully saturated rings. The molecule has 0 amide bonds. The Bertz CT molecular complexity index is 589. The van der Waals surface area contributed by atoms with Crippen LogP contribution in [0.4, 0.5) is 0 Å². The van der Waals surface area contributed by atoms with Crippen molar-refractivity contribution in [3.05, 3.63) is 29.8 Å². The van der Waals surface area contributed by atoms with Crippen molar-refractivity contribution in [2.45, 2.75) is 37.0 Å². The van der Waals surface area contributed by atoms with E-state index in [9.17, 15) is 13.2 Å². The number of carbonyl (C=O) groups is 1. The molecular weight excluding hydrogens is 290 g/mol. The second-order valence-corrected chi connectivity index (χ2v) is 7.07. The molecule has 2 rings (SSSR count). The summed E-state index contributed by atoms with van der Waals surface area (Å²) in [5.74, 6) is -0.624. The predicted molar refractivity (Wildman–Crippen MR) is 79.6 cm³/mol. The summed E-state index contributed by atoms with van der Waals surface area (Å²) in [5, 5.41) is 0. The van der Waals surface area contributed by atoms with E-state index in [4.69, 9.17) is 0 Å². The predicted octanol–water partition coefficient (Wildman–Crippen LogP) is 2.43. The minimum Gasteiger partial charge on any atom is -0.465 e. The average molecular weight is 311 g/mol. The SMILES string of the molecule is COC(=O)c1ccccc1S(=O)(=O)N1CCCCCCC1. The highest BCUT2D eigenvalue weighted by Crippen LogP contribution is 2.23. The van der Waals surface area contributed by atoms with E-state index in [2.05, 4.69) is 4.74 Å². The number of esters is 1. The molecule has 0 atom stereocenters. The molecule has 1 aromatic rings. The first-order valence-electron chi connectivity index (χ1n) is 7.25. The number of hydrogen-bond donors (Lipinski definition) is 0. The fourth-order valence-electron chi connectivity index (χ4n) is 2.57. The third-order valence-corrected chi connectivity index (χ3v) is 5.68. The second kappa shape index (κ2) is 7.04. The summed E-state index contributed by atoms with van der Waals surface area (Å²) in [5.41, 5.74) is 0.0991. The van der Waals surface area contributed by atoms with Crippen LogP contribution in [0.1, 0.15) is 42.5 Å². The van der Waals surface area contributed by atoms with E-state index in [1.54, 1.807) is 12.1 Å². The van der Waals surface area contributed by atoms with Crippen molar-refractivity contribution >= 4 is 16.0 Å². The molecule has 6 heteroatoms. The molecule has 5 nitrogen and oxygen atoms in total. The number of sulfonamides is 1. The maximum absolute atomic E-state index is 12.8. The first-order chi connectivity index (χ1) is 10.1. The van der Waals surface area contributed by atoms with Gasteiger partial charge in [-0.15, -0.1) is 0 Å². The monoisotopic (exact) mass is 311 g/mol. The van der Waals surface area contributed by atoms with Gasteiger partial charge in [-0.1, -0.05) is 31.4 Å². The molecule has 1 aliphatic heterocycles. The minimum absolute atomic E-state index is 0.0393. The molecule has 116 valence electrons. The van der Waals surface area contributed by atoms with Gasteiger partial charge in [0, 0.05) is 13.1 Å². The Labute approximate surface area is 126 Å². The molecule has 0 unspecified atom stereocenters. The summed E-state index contributed by atoms with van der Waals surface area (Å²) in [7, 11) is -2.40. The Morgan fingerprint density at radius 2 is 1.62 bits per heavy atom. The zero-order valence-electron chi connectivity index (χ0n) is 12.2. The van der Waals surface area contributed by atoms with Crippen molar-refractivity contribution in [1.29, 1.82) is 0 Å². The van der Waals surface area contributed by atoms with E-state index in [0.717, 1.165) is 32.1 Å². The van der Waals surface area contributed by atoms with Crippen molar-refractivity contribution in [2.24, 2.45) is 0 Å². The maximum atomic E-state index is 12.8. The third-order valence-electron chi connectivity index (χ3n) is 3.73. The lowest BCUT2D eigenvalue weighted by Gasteiger charge is -2.24. The number of hydrogen-bond acceptors (Lipinski definition) is 4. The Kier molecular flexibility index (Phi) is 5.36. The lowest BCUT2D eigenvalue weighted by Crippen LogP contribution is -2.34. The van der Waals surface area contributed by atoms with Crippen molar-refractivity contribution in [3.63, 3.8) is 0 Å². The molecule has 0 aromatic heterocycles. The molecule has 0 N–H and O–H groups in total. The Morgan fingerprint density at radius 3 is 2.24 bits per heavy atom. The van der Waals surface area contributed by atoms with Crippen LogP contribution in [0.3, 0.4) is 0 Å². The first-order valence-corrected chi connectivity index (χ1v) is 8.69. The van der Waals surface area contributed by atoms with Crippen LogP contribution in [-0.4, -0.2) is 38.9 Å². The number of benzene rings is 1. The van der Waals surface area contributed by atoms with Gasteiger partial charge < -0.3 is 4.74 Å². The van der Waals surface area contributed by atoms with Gasteiger partial charge in [-0.25, -0.2) is 13.2 Å². The summed E-state index contributed by atoms with van der Waals surface area (Å²) in [6.45, 7) is 1.02. The van der Waals surface area contributed by atoms with E-state index in [1.807, 2.05) is 0 Å². The van der Waals surface area contributed by atoms with E-state index in [-0.39, 0.29) is 10.5 Å². The fraction of sp³-hybridized carbons (Fsp3) is 0.533. The van der Waals surface area contributed by atoms with Gasteiger partial charge in [0.2, 0.25) is 10.0 Å². The minimum atomic E-state index is -3.65. The van der Waals surface area contributed by atoms with Crippen LogP contribution in [0, 0.1) is 0 Å². The maximum Gasteiger partial charge on any atom is 0.339 e. The molecular formula is C15H21NO4S. The Balaban J connectivity index is 2.36. The second-order valence-electron chi connectivity index (χ2n) is 5.16. The van der Waals surface area contributed by atoms with Crippen LogP contribution < -0.4 is 0 Å². The molecule has 1 saturated heterocycles. The Hall–Kier alpha value is -1.40. The number of ether oxygens (including phenoxy) is 1. The van der Waals surface area contributed by atoms with Crippen LogP contribution in [-0.2, 0) is 14.8 Å². The lowest BCUT2D eigenvalue weighted by atomic mass is 10.1. The topological polar surface area (TPSA) is 63.7 Å². The van der Waals surface area contributed by atoms with E-state index < -0.39 is 16.0 Å². The van der Waals surface area contributed by atoms with Gasteiger partial charge in [0.15, 0.2) is 0 Å². The van der Waals surface area contributed by atoms with Crippen molar-refractivity contribution in [2.75, 3.05) is 20.2 Å². The molecule has 21 heavy (non-hydrogen) atoms. The summed E-state index contributed by atoms with van der Waals surface area (Å²) in [6.07, 6.45) is 4.97. The van der Waals surface area contributed by atoms with Gasteiger partial charge >= 0.3 is 5.97 Å². The van der Waals surface area contributed by atoms with Crippen molar-refractivity contribution in [1.82, 2.24) is 4.31 Å². The van der Waals surface area contributed by atoms with Crippen LogP contribution >= 0.6 is 0 Å². The molecule has 0 saturated carbocycles. The van der Waals surface area contributed by atoms with Gasteiger partial charge in [0.1, 0.15) is 0 Å². The lowest BCUT2D eigenvalue weighted by molar-refractivity contribution is 0.0596. The zero-order valence-corrected chi connectivity index (χ0v) is 13.1. The van der Waals surface area contributed by atoms with Gasteiger partial charge in [-0.3, -0.25) is 0 Å². The van der Waals surface area contributed by atoms with Gasteiger partial charge in [0.25, 0.3) is 0 Å². The first kappa shape index (κ1) is 16.0. The normalized spacial score (nSPS) is 17.8. The molecule has 0 aliphatic carbocycles. The van der Waals surface area contributed by atoms with Crippen LogP contribution in [0.25, 0.3) is 0 Å². The smallest absolute Gasteiger partial charge is 0.339 e. The summed E-state index contributed by atoms with van der Waals surface area (Å²) >= 11 is 0. The van der Waals surface area contributed by atoms with Gasteiger partial charge in [-0.05, 0) is 25.0 Å². The average Bonchev–Trinajstić information content (AvgIpc) is 2.45. The zero-order chi connectivity index (χ0) is 15.3. The highest BCUT2D eigenvalue weighted by Gasteiger charge is 2.29. The molecule has 0 bridgehead atoms. The van der Waals surface area contributed by atoms with E-state index in [1.165, 1.54) is 23.5 Å². The molecule has 0 radical (unpaired) electrons. The fourth-order valence-corrected chi connectivity index (χ4v) is 4.26. The van der Waals surface area contributed by atoms with Gasteiger partial charge in [-0.2, -0.15) is 4.31 Å². The number of methoxy groups -OCH3 is 1. The highest BCUT2D eigenvalue weighted by atomic mass is 32.2. The summed E-state index contributed by atoms with van der Waals surface area (Å²) < 4.78 is 31.8. The third kappa shape index (κ3) is 3.63. The standard InChI is InChI=1S/C15H21NO4S/c1-20-15(17)13-9-5-6-10-14(13)21(18,19)16-11-7-3-2-4-8-12-16/h5-6,9-10H,2-4,7-8,11-12H2,1H3. The molecule has 1 aromatic carbocycles. The molecule has 1 heterocycles. The number of rotatable bonds is 3. The quantitative estimate of drug-likeness (QED) is 0.804. The van der Waals surface area contributed by atoms with Crippen LogP contribution in [0.15, 0.2) is 29.2 Å². The number of carbonyl (C=O) groups excluding carboxylic acids is 1. The molecule has 0 spiro atoms. The Morgan fingerprint density at radius 1 is 1.05 bits per heavy atom. The van der Waals surface area contributed by atoms with E-state index >= 15 is 0 Å². The highest BCUT2D eigenvalue weighted by molar-refractivity contribution is 7.89. The van der Waals surface area contributed by atoms with Crippen LogP contribution in [0.2, 0.25) is 0 Å². The van der Waals surface area contributed by atoms with Crippen molar-refractivity contribution < 1.29 is 17.9 Å².